The minimum atomic E-state index is -1.09. The molecule has 0 spiro atoms. The number of aromatic nitrogens is 3. The fourth-order valence-electron chi connectivity index (χ4n) is 1.21. The number of anilines is 1. The molecule has 72 valence electrons. The highest BCUT2D eigenvalue weighted by molar-refractivity contribution is 5.83. The standard InChI is InChI=1S/C8H8N4O2/c1-5-10-11-7-4-6(9-8(13)14)2-3-12(5)7/h2-4,9H,1H3,(H,13,14). The van der Waals surface area contributed by atoms with Crippen LogP contribution in [-0.4, -0.2) is 25.8 Å². The molecule has 2 aromatic rings. The van der Waals surface area contributed by atoms with Crippen molar-refractivity contribution < 1.29 is 9.90 Å². The van der Waals surface area contributed by atoms with E-state index in [1.165, 1.54) is 0 Å². The van der Waals surface area contributed by atoms with E-state index < -0.39 is 6.09 Å². The molecule has 0 unspecified atom stereocenters. The number of amides is 1. The predicted octanol–water partition coefficient (Wildman–Crippen LogP) is 1.13. The number of pyridine rings is 1. The Morgan fingerprint density at radius 3 is 3.07 bits per heavy atom. The number of hydrogen-bond acceptors (Lipinski definition) is 3. The molecule has 2 heterocycles. The first-order valence-corrected chi connectivity index (χ1v) is 3.98. The van der Waals surface area contributed by atoms with E-state index in [1.54, 1.807) is 22.7 Å². The molecular weight excluding hydrogens is 184 g/mol. The van der Waals surface area contributed by atoms with Gasteiger partial charge in [-0.2, -0.15) is 0 Å². The summed E-state index contributed by atoms with van der Waals surface area (Å²) in [6.45, 7) is 1.82. The average Bonchev–Trinajstić information content (AvgIpc) is 2.46. The third-order valence-electron chi connectivity index (χ3n) is 1.83. The van der Waals surface area contributed by atoms with Gasteiger partial charge in [0.05, 0.1) is 0 Å². The van der Waals surface area contributed by atoms with E-state index in [-0.39, 0.29) is 0 Å². The molecule has 0 saturated carbocycles. The van der Waals surface area contributed by atoms with E-state index in [4.69, 9.17) is 5.11 Å². The normalized spacial score (nSPS) is 10.4. The third-order valence-corrected chi connectivity index (χ3v) is 1.83. The molecule has 0 fully saturated rings. The summed E-state index contributed by atoms with van der Waals surface area (Å²) in [4.78, 5) is 10.4. The van der Waals surface area contributed by atoms with Crippen LogP contribution >= 0.6 is 0 Å². The van der Waals surface area contributed by atoms with E-state index in [0.29, 0.717) is 11.3 Å². The fourth-order valence-corrected chi connectivity index (χ4v) is 1.21. The number of nitrogens with zero attached hydrogens (tertiary/aromatic N) is 3. The van der Waals surface area contributed by atoms with Gasteiger partial charge in [-0.25, -0.2) is 4.79 Å². The summed E-state index contributed by atoms with van der Waals surface area (Å²) < 4.78 is 1.77. The maximum atomic E-state index is 10.4. The topological polar surface area (TPSA) is 79.5 Å². The first-order valence-electron chi connectivity index (χ1n) is 3.98. The van der Waals surface area contributed by atoms with Crippen LogP contribution in [0.1, 0.15) is 5.82 Å². The minimum Gasteiger partial charge on any atom is -0.465 e. The lowest BCUT2D eigenvalue weighted by Crippen LogP contribution is -2.07. The maximum absolute atomic E-state index is 10.4. The molecule has 6 heteroatoms. The number of nitrogens with one attached hydrogen (secondary N) is 1. The zero-order valence-corrected chi connectivity index (χ0v) is 7.43. The molecule has 0 bridgehead atoms. The van der Waals surface area contributed by atoms with Gasteiger partial charge in [0.15, 0.2) is 5.65 Å². The van der Waals surface area contributed by atoms with Gasteiger partial charge in [0.25, 0.3) is 0 Å². The zero-order chi connectivity index (χ0) is 10.1. The fraction of sp³-hybridized carbons (Fsp3) is 0.125. The summed E-state index contributed by atoms with van der Waals surface area (Å²) in [7, 11) is 0. The Kier molecular flexibility index (Phi) is 1.81. The summed E-state index contributed by atoms with van der Waals surface area (Å²) in [5.74, 6) is 0.766. The van der Waals surface area contributed by atoms with Crippen molar-refractivity contribution in [3.8, 4) is 0 Å². The smallest absolute Gasteiger partial charge is 0.409 e. The number of rotatable bonds is 1. The van der Waals surface area contributed by atoms with E-state index in [2.05, 4.69) is 15.5 Å². The van der Waals surface area contributed by atoms with Crippen LogP contribution in [0.2, 0.25) is 0 Å². The van der Waals surface area contributed by atoms with Gasteiger partial charge < -0.3 is 5.11 Å². The van der Waals surface area contributed by atoms with Crippen molar-refractivity contribution in [2.24, 2.45) is 0 Å². The number of fused-ring (bicyclic) bond motifs is 1. The van der Waals surface area contributed by atoms with Gasteiger partial charge in [0.2, 0.25) is 0 Å². The highest BCUT2D eigenvalue weighted by Crippen LogP contribution is 2.11. The quantitative estimate of drug-likeness (QED) is 0.709. The highest BCUT2D eigenvalue weighted by Gasteiger charge is 2.02. The van der Waals surface area contributed by atoms with Gasteiger partial charge in [-0.05, 0) is 13.0 Å². The Balaban J connectivity index is 2.46. The molecule has 0 aliphatic heterocycles. The third kappa shape index (κ3) is 1.37. The Hall–Kier alpha value is -2.11. The number of hydrogen-bond donors (Lipinski definition) is 2. The van der Waals surface area contributed by atoms with E-state index in [0.717, 1.165) is 5.82 Å². The zero-order valence-electron chi connectivity index (χ0n) is 7.43. The molecule has 0 aliphatic carbocycles. The Bertz CT molecular complexity index is 491. The van der Waals surface area contributed by atoms with Crippen LogP contribution in [0.4, 0.5) is 10.5 Å². The van der Waals surface area contributed by atoms with E-state index >= 15 is 0 Å². The summed E-state index contributed by atoms with van der Waals surface area (Å²) in [6.07, 6.45) is 0.626. The molecule has 6 nitrogen and oxygen atoms in total. The van der Waals surface area contributed by atoms with Crippen LogP contribution in [0, 0.1) is 6.92 Å². The second-order valence-corrected chi connectivity index (χ2v) is 2.82. The summed E-state index contributed by atoms with van der Waals surface area (Å²) >= 11 is 0. The first-order chi connectivity index (χ1) is 6.66. The lowest BCUT2D eigenvalue weighted by Gasteiger charge is -2.00. The average molecular weight is 192 g/mol. The number of carbonyl (C=O) groups is 1. The molecule has 0 atom stereocenters. The van der Waals surface area contributed by atoms with Crippen LogP contribution in [0.5, 0.6) is 0 Å². The van der Waals surface area contributed by atoms with Crippen molar-refractivity contribution in [3.63, 3.8) is 0 Å². The monoisotopic (exact) mass is 192 g/mol. The van der Waals surface area contributed by atoms with Crippen molar-refractivity contribution in [1.29, 1.82) is 0 Å². The van der Waals surface area contributed by atoms with Crippen molar-refractivity contribution in [2.45, 2.75) is 6.92 Å². The van der Waals surface area contributed by atoms with E-state index in [1.807, 2.05) is 6.92 Å². The number of carboxylic acid groups (broad SMARTS) is 1. The van der Waals surface area contributed by atoms with Crippen molar-refractivity contribution in [2.75, 3.05) is 5.32 Å². The van der Waals surface area contributed by atoms with Gasteiger partial charge in [-0.1, -0.05) is 0 Å². The molecule has 1 amide bonds. The molecule has 0 aromatic carbocycles. The molecule has 14 heavy (non-hydrogen) atoms. The molecule has 2 N–H and O–H groups in total. The Morgan fingerprint density at radius 2 is 2.36 bits per heavy atom. The number of aryl methyl sites for hydroxylation is 1. The van der Waals surface area contributed by atoms with Crippen LogP contribution in [-0.2, 0) is 0 Å². The second-order valence-electron chi connectivity index (χ2n) is 2.82. The summed E-state index contributed by atoms with van der Waals surface area (Å²) in [6, 6.07) is 3.27. The highest BCUT2D eigenvalue weighted by atomic mass is 16.4. The van der Waals surface area contributed by atoms with E-state index in [9.17, 15) is 4.79 Å². The molecule has 0 aliphatic rings. The van der Waals surface area contributed by atoms with Gasteiger partial charge in [-0.3, -0.25) is 9.72 Å². The van der Waals surface area contributed by atoms with Crippen molar-refractivity contribution in [3.05, 3.63) is 24.2 Å². The lowest BCUT2D eigenvalue weighted by molar-refractivity contribution is 0.210. The first kappa shape index (κ1) is 8.49. The SMILES string of the molecule is Cc1nnc2cc(NC(=O)O)ccn12. The van der Waals surface area contributed by atoms with Crippen LogP contribution in [0.3, 0.4) is 0 Å². The van der Waals surface area contributed by atoms with Crippen LogP contribution < -0.4 is 5.32 Å². The van der Waals surface area contributed by atoms with Crippen molar-refractivity contribution >= 4 is 17.4 Å². The van der Waals surface area contributed by atoms with Gasteiger partial charge >= 0.3 is 6.09 Å². The Labute approximate surface area is 79.2 Å². The molecule has 2 aromatic heterocycles. The summed E-state index contributed by atoms with van der Waals surface area (Å²) in [5, 5.41) is 18.5. The molecule has 0 saturated heterocycles. The summed E-state index contributed by atoms with van der Waals surface area (Å²) in [5.41, 5.74) is 1.10. The molecule has 2 rings (SSSR count). The predicted molar refractivity (Wildman–Crippen MR) is 49.4 cm³/mol. The maximum Gasteiger partial charge on any atom is 0.409 e. The Morgan fingerprint density at radius 1 is 1.57 bits per heavy atom. The largest absolute Gasteiger partial charge is 0.465 e. The second kappa shape index (κ2) is 2.99. The van der Waals surface area contributed by atoms with Gasteiger partial charge in [0.1, 0.15) is 5.82 Å². The molecule has 0 radical (unpaired) electrons. The molecular formula is C8H8N4O2. The van der Waals surface area contributed by atoms with Gasteiger partial charge in [0, 0.05) is 18.0 Å². The van der Waals surface area contributed by atoms with Crippen LogP contribution in [0.15, 0.2) is 18.3 Å². The van der Waals surface area contributed by atoms with Crippen LogP contribution in [0.25, 0.3) is 5.65 Å². The van der Waals surface area contributed by atoms with Crippen molar-refractivity contribution in [1.82, 2.24) is 14.6 Å². The lowest BCUT2D eigenvalue weighted by atomic mass is 10.4. The minimum absolute atomic E-state index is 0.484. The van der Waals surface area contributed by atoms with Gasteiger partial charge in [-0.15, -0.1) is 10.2 Å².